The molecule has 1 fully saturated rings. The number of carbonyl (C=O) groups excluding carboxylic acids is 3. The van der Waals surface area contributed by atoms with Crippen LogP contribution in [0.15, 0.2) is 29.6 Å². The van der Waals surface area contributed by atoms with E-state index in [9.17, 15) is 14.4 Å². The minimum absolute atomic E-state index is 0.0450. The molecule has 0 aliphatic carbocycles. The fourth-order valence-corrected chi connectivity index (χ4v) is 3.89. The van der Waals surface area contributed by atoms with Crippen molar-refractivity contribution >= 4 is 45.8 Å². The van der Waals surface area contributed by atoms with E-state index >= 15 is 0 Å². The minimum atomic E-state index is -0.664. The van der Waals surface area contributed by atoms with Crippen molar-refractivity contribution in [2.75, 3.05) is 18.4 Å². The number of hydrogen-bond donors (Lipinski definition) is 3. The van der Waals surface area contributed by atoms with Gasteiger partial charge in [-0.1, -0.05) is 23.7 Å². The van der Waals surface area contributed by atoms with Gasteiger partial charge in [0.15, 0.2) is 5.13 Å². The predicted octanol–water partition coefficient (Wildman–Crippen LogP) is 2.55. The van der Waals surface area contributed by atoms with Crippen molar-refractivity contribution < 1.29 is 14.4 Å². The summed E-state index contributed by atoms with van der Waals surface area (Å²) in [5.41, 5.74) is 1.85. The maximum absolute atomic E-state index is 12.2. The maximum Gasteiger partial charge on any atom is 0.238 e. The number of amides is 3. The van der Waals surface area contributed by atoms with E-state index in [0.717, 1.165) is 24.1 Å². The molecule has 1 aromatic heterocycles. The number of carbonyl (C=O) groups is 3. The van der Waals surface area contributed by atoms with Crippen LogP contribution in [0.3, 0.4) is 0 Å². The Morgan fingerprint density at radius 3 is 2.79 bits per heavy atom. The molecule has 9 heteroatoms. The van der Waals surface area contributed by atoms with Crippen LogP contribution in [0.25, 0.3) is 0 Å². The molecule has 0 spiro atoms. The Bertz CT molecular complexity index is 869. The van der Waals surface area contributed by atoms with Crippen LogP contribution in [-0.2, 0) is 27.2 Å². The van der Waals surface area contributed by atoms with E-state index in [2.05, 4.69) is 20.9 Å². The molecule has 0 bridgehead atoms. The van der Waals surface area contributed by atoms with E-state index < -0.39 is 5.92 Å². The zero-order valence-electron chi connectivity index (χ0n) is 15.9. The summed E-state index contributed by atoms with van der Waals surface area (Å²) >= 11 is 7.15. The van der Waals surface area contributed by atoms with Crippen molar-refractivity contribution in [3.63, 3.8) is 0 Å². The fourth-order valence-electron chi connectivity index (χ4n) is 3.02. The van der Waals surface area contributed by atoms with Crippen LogP contribution in [0.2, 0.25) is 5.02 Å². The van der Waals surface area contributed by atoms with Gasteiger partial charge in [-0.3, -0.25) is 14.4 Å². The van der Waals surface area contributed by atoms with Gasteiger partial charge in [0, 0.05) is 29.9 Å². The molecular weight excluding hydrogens is 412 g/mol. The molecule has 1 atom stereocenters. The Labute approximate surface area is 178 Å². The Morgan fingerprint density at radius 1 is 1.24 bits per heavy atom. The highest BCUT2D eigenvalue weighted by molar-refractivity contribution is 7.13. The van der Waals surface area contributed by atoms with Crippen molar-refractivity contribution in [3.8, 4) is 0 Å². The number of rotatable bonds is 8. The van der Waals surface area contributed by atoms with Crippen LogP contribution >= 0.6 is 22.9 Å². The van der Waals surface area contributed by atoms with Gasteiger partial charge < -0.3 is 16.0 Å². The molecule has 2 heterocycles. The number of nitrogens with zero attached hydrogens (tertiary/aromatic N) is 1. The van der Waals surface area contributed by atoms with Gasteiger partial charge in [0.25, 0.3) is 0 Å². The standard InChI is InChI=1S/C20H23ClN4O3S/c21-14-5-3-13(4-6-14)9-11-22-17(26)8-7-15-12-29-20(24-15)25-19(28)16-2-1-10-23-18(16)27/h3-6,12,16H,1-2,7-11H2,(H,22,26)(H,23,27)(H,24,25,28). The molecule has 3 amide bonds. The Balaban J connectivity index is 1.38. The number of benzene rings is 1. The fraction of sp³-hybridized carbons (Fsp3) is 0.400. The zero-order chi connectivity index (χ0) is 20.6. The molecule has 1 unspecified atom stereocenters. The second-order valence-corrected chi connectivity index (χ2v) is 8.14. The first-order valence-corrected chi connectivity index (χ1v) is 10.8. The third-order valence-corrected chi connectivity index (χ3v) is 5.70. The Kier molecular flexibility index (Phi) is 7.60. The van der Waals surface area contributed by atoms with E-state index in [1.165, 1.54) is 11.3 Å². The molecule has 0 saturated carbocycles. The lowest BCUT2D eigenvalue weighted by molar-refractivity contribution is -0.134. The third-order valence-electron chi connectivity index (χ3n) is 4.64. The molecule has 154 valence electrons. The van der Waals surface area contributed by atoms with Crippen LogP contribution in [0.5, 0.6) is 0 Å². The van der Waals surface area contributed by atoms with Crippen LogP contribution in [-0.4, -0.2) is 35.8 Å². The van der Waals surface area contributed by atoms with Gasteiger partial charge in [-0.2, -0.15) is 0 Å². The predicted molar refractivity (Wildman–Crippen MR) is 113 cm³/mol. The maximum atomic E-state index is 12.2. The number of thiazole rings is 1. The normalized spacial score (nSPS) is 16.2. The average Bonchev–Trinajstić information content (AvgIpc) is 3.15. The molecule has 1 saturated heterocycles. The number of anilines is 1. The Hall–Kier alpha value is -2.45. The highest BCUT2D eigenvalue weighted by atomic mass is 35.5. The molecule has 2 aromatic rings. The van der Waals surface area contributed by atoms with Gasteiger partial charge in [0.1, 0.15) is 5.92 Å². The number of aryl methyl sites for hydroxylation is 1. The molecule has 3 rings (SSSR count). The van der Waals surface area contributed by atoms with E-state index in [1.54, 1.807) is 0 Å². The lowest BCUT2D eigenvalue weighted by Gasteiger charge is -2.20. The van der Waals surface area contributed by atoms with E-state index in [-0.39, 0.29) is 17.7 Å². The van der Waals surface area contributed by atoms with Gasteiger partial charge >= 0.3 is 0 Å². The second kappa shape index (κ2) is 10.4. The van der Waals surface area contributed by atoms with E-state index in [4.69, 9.17) is 11.6 Å². The molecular formula is C20H23ClN4O3S. The summed E-state index contributed by atoms with van der Waals surface area (Å²) in [6.45, 7) is 1.17. The summed E-state index contributed by atoms with van der Waals surface area (Å²) in [5.74, 6) is -1.28. The summed E-state index contributed by atoms with van der Waals surface area (Å²) in [4.78, 5) is 40.3. The summed E-state index contributed by atoms with van der Waals surface area (Å²) in [7, 11) is 0. The second-order valence-electron chi connectivity index (χ2n) is 6.85. The molecule has 7 nitrogen and oxygen atoms in total. The van der Waals surface area contributed by atoms with Gasteiger partial charge in [-0.05, 0) is 43.4 Å². The molecule has 3 N–H and O–H groups in total. The lowest BCUT2D eigenvalue weighted by atomic mass is 9.98. The topological polar surface area (TPSA) is 100 Å². The van der Waals surface area contributed by atoms with Crippen molar-refractivity contribution in [2.24, 2.45) is 5.92 Å². The summed E-state index contributed by atoms with van der Waals surface area (Å²) < 4.78 is 0. The SMILES string of the molecule is O=C(CCc1csc(NC(=O)C2CCCNC2=O)n1)NCCc1ccc(Cl)cc1. The van der Waals surface area contributed by atoms with Crippen molar-refractivity contribution in [1.82, 2.24) is 15.6 Å². The molecule has 1 aromatic carbocycles. The van der Waals surface area contributed by atoms with Gasteiger partial charge in [-0.25, -0.2) is 4.98 Å². The number of aromatic nitrogens is 1. The smallest absolute Gasteiger partial charge is 0.238 e. The molecule has 1 aliphatic heterocycles. The van der Waals surface area contributed by atoms with Crippen molar-refractivity contribution in [1.29, 1.82) is 0 Å². The van der Waals surface area contributed by atoms with Crippen LogP contribution in [0.4, 0.5) is 5.13 Å². The highest BCUT2D eigenvalue weighted by Crippen LogP contribution is 2.19. The molecule has 29 heavy (non-hydrogen) atoms. The number of nitrogens with one attached hydrogen (secondary N) is 3. The lowest BCUT2D eigenvalue weighted by Crippen LogP contribution is -2.42. The van der Waals surface area contributed by atoms with E-state index in [0.29, 0.717) is 42.5 Å². The largest absolute Gasteiger partial charge is 0.356 e. The van der Waals surface area contributed by atoms with Gasteiger partial charge in [-0.15, -0.1) is 11.3 Å². The van der Waals surface area contributed by atoms with Crippen LogP contribution in [0, 0.1) is 5.92 Å². The number of piperidine rings is 1. The van der Waals surface area contributed by atoms with Gasteiger partial charge in [0.05, 0.1) is 5.69 Å². The van der Waals surface area contributed by atoms with E-state index in [1.807, 2.05) is 29.6 Å². The minimum Gasteiger partial charge on any atom is -0.356 e. The van der Waals surface area contributed by atoms with Crippen LogP contribution in [0.1, 0.15) is 30.5 Å². The summed E-state index contributed by atoms with van der Waals surface area (Å²) in [5, 5.41) is 11.3. The average molecular weight is 435 g/mol. The van der Waals surface area contributed by atoms with Crippen molar-refractivity contribution in [3.05, 3.63) is 45.9 Å². The molecule has 1 aliphatic rings. The highest BCUT2D eigenvalue weighted by Gasteiger charge is 2.29. The number of hydrogen-bond acceptors (Lipinski definition) is 5. The Morgan fingerprint density at radius 2 is 2.03 bits per heavy atom. The van der Waals surface area contributed by atoms with Crippen LogP contribution < -0.4 is 16.0 Å². The number of halogens is 1. The zero-order valence-corrected chi connectivity index (χ0v) is 17.4. The quantitative estimate of drug-likeness (QED) is 0.556. The first-order valence-electron chi connectivity index (χ1n) is 9.55. The van der Waals surface area contributed by atoms with Crippen molar-refractivity contribution in [2.45, 2.75) is 32.1 Å². The first-order chi connectivity index (χ1) is 14.0. The summed E-state index contributed by atoms with van der Waals surface area (Å²) in [6.07, 6.45) is 2.89. The summed E-state index contributed by atoms with van der Waals surface area (Å²) in [6, 6.07) is 7.54. The third kappa shape index (κ3) is 6.54. The van der Waals surface area contributed by atoms with Gasteiger partial charge in [0.2, 0.25) is 17.7 Å². The molecule has 0 radical (unpaired) electrons. The monoisotopic (exact) mass is 434 g/mol. The first kappa shape index (κ1) is 21.3.